The monoisotopic (exact) mass is 792 g/mol. The van der Waals surface area contributed by atoms with Gasteiger partial charge in [0, 0.05) is 43.3 Å². The maximum Gasteiger partial charge on any atom is 0.319 e. The third kappa shape index (κ3) is 18.1. The Hall–Kier alpha value is -5.61. The number of aliphatic carboxylic acids is 4. The number of hydrogen-bond donors (Lipinski definition) is 6. The van der Waals surface area contributed by atoms with Gasteiger partial charge in [-0.15, -0.1) is 0 Å². The number of nitrogens with one attached hydrogen (secondary N) is 2. The Bertz CT molecular complexity index is 1730. The number of amides is 2. The van der Waals surface area contributed by atoms with Crippen molar-refractivity contribution >= 4 is 47.4 Å². The van der Waals surface area contributed by atoms with E-state index in [0.717, 1.165) is 53.5 Å². The molecule has 300 valence electrons. The maximum atomic E-state index is 12.3. The minimum absolute atomic E-state index is 0.0269. The molecule has 3 rings (SSSR count). The van der Waals surface area contributed by atoms with Crippen molar-refractivity contribution in [1.29, 1.82) is 5.26 Å². The molecule has 3 aromatic rings. The molecule has 2 heterocycles. The van der Waals surface area contributed by atoms with E-state index in [0.29, 0.717) is 54.6 Å². The summed E-state index contributed by atoms with van der Waals surface area (Å²) in [6, 6.07) is 14.1. The first-order valence-electron chi connectivity index (χ1n) is 17.9. The lowest BCUT2D eigenvalue weighted by molar-refractivity contribution is -0.144. The minimum Gasteiger partial charge on any atom is -0.480 e. The van der Waals surface area contributed by atoms with E-state index in [1.165, 1.54) is 9.80 Å². The predicted molar refractivity (Wildman–Crippen MR) is 207 cm³/mol. The SMILES string of the molecule is Cc1cc(CN(CC(=O)O)CC(=O)O)nc(CN(CCCCCCNC(=O)Nc2ccc(SC#N)cc2)Cc2cc(C)cc(CN(CC(=O)O)CC(=O)O)n2)c1. The van der Waals surface area contributed by atoms with Crippen LogP contribution in [0.25, 0.3) is 0 Å². The van der Waals surface area contributed by atoms with E-state index in [4.69, 9.17) is 15.2 Å². The van der Waals surface area contributed by atoms with Crippen LogP contribution in [0.3, 0.4) is 0 Å². The number of carbonyl (C=O) groups excluding carboxylic acids is 1. The second kappa shape index (κ2) is 23.3. The normalized spacial score (nSPS) is 11.1. The fraction of sp³-hybridized carbons (Fsp3) is 0.421. The minimum atomic E-state index is -1.15. The van der Waals surface area contributed by atoms with E-state index < -0.39 is 50.1 Å². The average molecular weight is 793 g/mol. The largest absolute Gasteiger partial charge is 0.480 e. The van der Waals surface area contributed by atoms with Gasteiger partial charge in [-0.3, -0.25) is 43.8 Å². The molecule has 0 saturated heterocycles. The molecule has 18 heteroatoms. The highest BCUT2D eigenvalue weighted by molar-refractivity contribution is 8.03. The van der Waals surface area contributed by atoms with Crippen LogP contribution in [-0.4, -0.2) is 114 Å². The van der Waals surface area contributed by atoms with Gasteiger partial charge in [0.05, 0.1) is 49.0 Å². The van der Waals surface area contributed by atoms with E-state index in [2.05, 4.69) is 15.5 Å². The smallest absolute Gasteiger partial charge is 0.319 e. The number of aromatic nitrogens is 2. The van der Waals surface area contributed by atoms with Gasteiger partial charge in [0.15, 0.2) is 0 Å². The number of nitriles is 1. The number of carbonyl (C=O) groups is 5. The van der Waals surface area contributed by atoms with Crippen LogP contribution >= 0.6 is 11.8 Å². The maximum absolute atomic E-state index is 12.3. The van der Waals surface area contributed by atoms with Crippen molar-refractivity contribution in [2.45, 2.75) is 70.6 Å². The van der Waals surface area contributed by atoms with E-state index >= 15 is 0 Å². The number of thioether (sulfide) groups is 1. The first kappa shape index (κ1) is 44.8. The van der Waals surface area contributed by atoms with Crippen molar-refractivity contribution in [2.24, 2.45) is 0 Å². The Morgan fingerprint density at radius 1 is 0.643 bits per heavy atom. The van der Waals surface area contributed by atoms with Crippen LogP contribution in [0.1, 0.15) is 59.6 Å². The van der Waals surface area contributed by atoms with E-state index in [1.54, 1.807) is 36.4 Å². The summed E-state index contributed by atoms with van der Waals surface area (Å²) in [5.41, 5.74) is 4.81. The number of urea groups is 1. The molecule has 0 atom stereocenters. The first-order chi connectivity index (χ1) is 26.7. The molecule has 17 nitrogen and oxygen atoms in total. The van der Waals surface area contributed by atoms with E-state index in [9.17, 15) is 44.4 Å². The molecule has 0 saturated carbocycles. The number of anilines is 1. The van der Waals surface area contributed by atoms with Gasteiger partial charge in [-0.05, 0) is 105 Å². The standard InChI is InChI=1S/C38H48N8O9S/c1-26-13-29(41-31(15-26)19-45(21-34(47)48)22-35(49)50)17-44(18-30-14-27(2)16-32(42-30)20-46(23-36(51)52)24-37(53)54)12-6-4-3-5-11-40-38(55)43-28-7-9-33(10-8-28)56-25-39/h7-10,13-16H,3-6,11-12,17-24H2,1-2H3,(H,47,48)(H,49,50)(H,51,52)(H,53,54)(H2,40,43,55). The number of unbranched alkanes of at least 4 members (excludes halogenated alkanes) is 3. The van der Waals surface area contributed by atoms with E-state index in [-0.39, 0.29) is 19.1 Å². The van der Waals surface area contributed by atoms with Gasteiger partial charge >= 0.3 is 29.9 Å². The highest BCUT2D eigenvalue weighted by atomic mass is 32.2. The molecule has 0 spiro atoms. The lowest BCUT2D eigenvalue weighted by Gasteiger charge is -2.24. The van der Waals surface area contributed by atoms with Crippen LogP contribution < -0.4 is 10.6 Å². The zero-order chi connectivity index (χ0) is 41.0. The van der Waals surface area contributed by atoms with Crippen molar-refractivity contribution in [2.75, 3.05) is 44.6 Å². The Kier molecular flexibility index (Phi) is 18.7. The van der Waals surface area contributed by atoms with Crippen LogP contribution in [0.2, 0.25) is 0 Å². The van der Waals surface area contributed by atoms with Crippen molar-refractivity contribution < 1.29 is 44.4 Å². The predicted octanol–water partition coefficient (Wildman–Crippen LogP) is 3.99. The highest BCUT2D eigenvalue weighted by Gasteiger charge is 2.18. The molecule has 0 fully saturated rings. The van der Waals surface area contributed by atoms with Crippen molar-refractivity contribution in [3.63, 3.8) is 0 Å². The van der Waals surface area contributed by atoms with Gasteiger partial charge in [0.25, 0.3) is 0 Å². The number of thiocyanates is 1. The number of aryl methyl sites for hydroxylation is 2. The first-order valence-corrected chi connectivity index (χ1v) is 18.7. The van der Waals surface area contributed by atoms with Gasteiger partial charge in [0.1, 0.15) is 5.40 Å². The number of rotatable bonds is 25. The third-order valence-electron chi connectivity index (χ3n) is 8.09. The topological polar surface area (TPSA) is 250 Å². The Morgan fingerprint density at radius 3 is 1.46 bits per heavy atom. The number of nitrogens with zero attached hydrogens (tertiary/aromatic N) is 6. The van der Waals surface area contributed by atoms with Crippen LogP contribution in [0, 0.1) is 24.5 Å². The van der Waals surface area contributed by atoms with Crippen molar-refractivity contribution in [3.05, 3.63) is 82.4 Å². The van der Waals surface area contributed by atoms with Crippen molar-refractivity contribution in [1.82, 2.24) is 30.0 Å². The molecule has 1 aromatic carbocycles. The summed E-state index contributed by atoms with van der Waals surface area (Å²) in [5.74, 6) is -4.60. The summed E-state index contributed by atoms with van der Waals surface area (Å²) in [4.78, 5) is 72.9. The summed E-state index contributed by atoms with van der Waals surface area (Å²) >= 11 is 1.04. The number of pyridine rings is 2. The van der Waals surface area contributed by atoms with Gasteiger partial charge < -0.3 is 31.1 Å². The zero-order valence-corrected chi connectivity index (χ0v) is 32.3. The Labute approximate surface area is 329 Å². The van der Waals surface area contributed by atoms with Gasteiger partial charge in [-0.25, -0.2) is 4.79 Å². The van der Waals surface area contributed by atoms with Crippen LogP contribution in [0.5, 0.6) is 0 Å². The number of benzene rings is 1. The zero-order valence-electron chi connectivity index (χ0n) is 31.4. The summed E-state index contributed by atoms with van der Waals surface area (Å²) < 4.78 is 0. The van der Waals surface area contributed by atoms with Gasteiger partial charge in [0.2, 0.25) is 0 Å². The third-order valence-corrected chi connectivity index (χ3v) is 8.69. The van der Waals surface area contributed by atoms with Crippen molar-refractivity contribution in [3.8, 4) is 5.40 Å². The molecular weight excluding hydrogens is 745 g/mol. The van der Waals surface area contributed by atoms with E-state index in [1.807, 2.05) is 31.4 Å². The second-order valence-electron chi connectivity index (χ2n) is 13.3. The summed E-state index contributed by atoms with van der Waals surface area (Å²) in [5, 5.41) is 53.6. The fourth-order valence-electron chi connectivity index (χ4n) is 6.04. The lowest BCUT2D eigenvalue weighted by Crippen LogP contribution is -2.34. The van der Waals surface area contributed by atoms with Crippen LogP contribution in [-0.2, 0) is 45.4 Å². The Morgan fingerprint density at radius 2 is 1.05 bits per heavy atom. The summed E-state index contributed by atoms with van der Waals surface area (Å²) in [7, 11) is 0. The molecule has 0 aliphatic carbocycles. The van der Waals surface area contributed by atoms with Crippen LogP contribution in [0.4, 0.5) is 10.5 Å². The quantitative estimate of drug-likeness (QED) is 0.0403. The van der Waals surface area contributed by atoms with Gasteiger partial charge in [-0.1, -0.05) is 12.8 Å². The molecule has 0 unspecified atom stereocenters. The molecule has 0 bridgehead atoms. The number of hydrogen-bond acceptors (Lipinski definition) is 12. The molecule has 0 aliphatic heterocycles. The Balaban J connectivity index is 1.69. The molecule has 2 aromatic heterocycles. The fourth-order valence-corrected chi connectivity index (χ4v) is 6.42. The molecule has 0 radical (unpaired) electrons. The molecule has 2 amide bonds. The molecular formula is C38H48N8O9S. The lowest BCUT2D eigenvalue weighted by atomic mass is 10.1. The molecule has 0 aliphatic rings. The number of carboxylic acids is 4. The molecule has 6 N–H and O–H groups in total. The summed E-state index contributed by atoms with van der Waals surface area (Å²) in [6.07, 6.45) is 3.26. The second-order valence-corrected chi connectivity index (χ2v) is 14.2. The molecule has 56 heavy (non-hydrogen) atoms. The average Bonchev–Trinajstić information content (AvgIpc) is 3.07. The van der Waals surface area contributed by atoms with Gasteiger partial charge in [-0.2, -0.15) is 5.26 Å². The summed E-state index contributed by atoms with van der Waals surface area (Å²) in [6.45, 7) is 3.87. The highest BCUT2D eigenvalue weighted by Crippen LogP contribution is 2.19. The number of carboxylic acid groups (broad SMARTS) is 4. The van der Waals surface area contributed by atoms with Crippen LogP contribution in [0.15, 0.2) is 53.4 Å².